The van der Waals surface area contributed by atoms with Gasteiger partial charge >= 0.3 is 5.97 Å². The molecule has 17 heavy (non-hydrogen) atoms. The van der Waals surface area contributed by atoms with Crippen LogP contribution in [0.5, 0.6) is 0 Å². The first-order chi connectivity index (χ1) is 8.16. The van der Waals surface area contributed by atoms with Gasteiger partial charge < -0.3 is 15.2 Å². The van der Waals surface area contributed by atoms with E-state index in [1.54, 1.807) is 19.2 Å². The predicted octanol–water partition coefficient (Wildman–Crippen LogP) is 1.15. The summed E-state index contributed by atoms with van der Waals surface area (Å²) in [6.45, 7) is 1.02. The topological polar surface area (TPSA) is 75.6 Å². The highest BCUT2D eigenvalue weighted by Crippen LogP contribution is 2.08. The number of carboxylic acid groups (broad SMARTS) is 1. The Bertz CT molecular complexity index is 403. The van der Waals surface area contributed by atoms with Gasteiger partial charge in [0.1, 0.15) is 0 Å². The first-order valence-electron chi connectivity index (χ1n) is 5.26. The molecule has 5 heteroatoms. The van der Waals surface area contributed by atoms with E-state index < -0.39 is 5.97 Å². The lowest BCUT2D eigenvalue weighted by Crippen LogP contribution is -2.26. The molecular weight excluding hydrogens is 222 g/mol. The van der Waals surface area contributed by atoms with Gasteiger partial charge in [-0.2, -0.15) is 0 Å². The molecule has 5 nitrogen and oxygen atoms in total. The molecule has 0 aliphatic rings. The molecule has 0 radical (unpaired) electrons. The quantitative estimate of drug-likeness (QED) is 0.728. The van der Waals surface area contributed by atoms with Crippen molar-refractivity contribution in [2.75, 3.05) is 20.3 Å². The number of benzene rings is 1. The minimum absolute atomic E-state index is 0.0109. The third kappa shape index (κ3) is 3.88. The predicted molar refractivity (Wildman–Crippen MR) is 62.2 cm³/mol. The Morgan fingerprint density at radius 3 is 2.53 bits per heavy atom. The smallest absolute Gasteiger partial charge is 0.336 e. The summed E-state index contributed by atoms with van der Waals surface area (Å²) in [5.74, 6) is -1.48. The third-order valence-corrected chi connectivity index (χ3v) is 2.21. The molecule has 0 saturated carbocycles. The third-order valence-electron chi connectivity index (χ3n) is 2.21. The second-order valence-corrected chi connectivity index (χ2v) is 3.45. The normalized spacial score (nSPS) is 9.94. The molecule has 0 aliphatic heterocycles. The van der Waals surface area contributed by atoms with Gasteiger partial charge in [-0.25, -0.2) is 4.79 Å². The zero-order valence-electron chi connectivity index (χ0n) is 9.60. The van der Waals surface area contributed by atoms with Crippen LogP contribution in [0.2, 0.25) is 0 Å². The molecule has 1 aromatic rings. The van der Waals surface area contributed by atoms with Gasteiger partial charge in [0.25, 0.3) is 5.91 Å². The van der Waals surface area contributed by atoms with Crippen molar-refractivity contribution in [2.24, 2.45) is 0 Å². The van der Waals surface area contributed by atoms with Gasteiger partial charge in [-0.3, -0.25) is 4.79 Å². The van der Waals surface area contributed by atoms with E-state index in [4.69, 9.17) is 9.84 Å². The molecule has 0 aliphatic carbocycles. The Hall–Kier alpha value is -1.88. The highest BCUT2D eigenvalue weighted by atomic mass is 16.5. The van der Waals surface area contributed by atoms with Crippen molar-refractivity contribution in [1.82, 2.24) is 5.32 Å². The number of amides is 1. The second-order valence-electron chi connectivity index (χ2n) is 3.45. The number of ether oxygens (including phenoxy) is 1. The van der Waals surface area contributed by atoms with Crippen LogP contribution in [-0.2, 0) is 4.74 Å². The highest BCUT2D eigenvalue weighted by molar-refractivity contribution is 6.04. The molecule has 0 heterocycles. The average molecular weight is 237 g/mol. The summed E-state index contributed by atoms with van der Waals surface area (Å²) in [5, 5.41) is 11.6. The van der Waals surface area contributed by atoms with Crippen molar-refractivity contribution in [3.05, 3.63) is 35.4 Å². The molecule has 0 unspecified atom stereocenters. The Balaban J connectivity index is 2.65. The average Bonchev–Trinajstić information content (AvgIpc) is 2.34. The lowest BCUT2D eigenvalue weighted by Gasteiger charge is -2.07. The zero-order chi connectivity index (χ0) is 12.7. The van der Waals surface area contributed by atoms with E-state index in [2.05, 4.69) is 5.32 Å². The molecule has 1 amide bonds. The summed E-state index contributed by atoms with van der Waals surface area (Å²) in [6.07, 6.45) is 0.692. The van der Waals surface area contributed by atoms with Crippen LogP contribution in [0.15, 0.2) is 24.3 Å². The van der Waals surface area contributed by atoms with Gasteiger partial charge in [0.2, 0.25) is 0 Å². The summed E-state index contributed by atoms with van der Waals surface area (Å²) in [6, 6.07) is 6.13. The molecule has 0 aromatic heterocycles. The molecule has 1 rings (SSSR count). The molecular formula is C12H15NO4. The summed E-state index contributed by atoms with van der Waals surface area (Å²) in [5.41, 5.74) is 0.189. The second kappa shape index (κ2) is 6.65. The van der Waals surface area contributed by atoms with Crippen LogP contribution < -0.4 is 5.32 Å². The lowest BCUT2D eigenvalue weighted by atomic mass is 10.1. The summed E-state index contributed by atoms with van der Waals surface area (Å²) < 4.78 is 4.85. The number of hydrogen-bond donors (Lipinski definition) is 2. The van der Waals surface area contributed by atoms with Crippen molar-refractivity contribution in [1.29, 1.82) is 0 Å². The Morgan fingerprint density at radius 1 is 1.29 bits per heavy atom. The van der Waals surface area contributed by atoms with Crippen LogP contribution in [-0.4, -0.2) is 37.2 Å². The van der Waals surface area contributed by atoms with Crippen LogP contribution >= 0.6 is 0 Å². The summed E-state index contributed by atoms with van der Waals surface area (Å²) in [7, 11) is 1.58. The van der Waals surface area contributed by atoms with Crippen molar-refractivity contribution >= 4 is 11.9 Å². The van der Waals surface area contributed by atoms with Gasteiger partial charge in [0.05, 0.1) is 11.1 Å². The maximum atomic E-state index is 11.7. The molecule has 0 bridgehead atoms. The SMILES string of the molecule is COCCCNC(=O)c1ccccc1C(=O)O. The van der Waals surface area contributed by atoms with E-state index >= 15 is 0 Å². The first-order valence-corrected chi connectivity index (χ1v) is 5.26. The van der Waals surface area contributed by atoms with Crippen LogP contribution in [0, 0.1) is 0 Å². The number of hydrogen-bond acceptors (Lipinski definition) is 3. The highest BCUT2D eigenvalue weighted by Gasteiger charge is 2.14. The van der Waals surface area contributed by atoms with Crippen LogP contribution in [0.1, 0.15) is 27.1 Å². The standard InChI is InChI=1S/C12H15NO4/c1-17-8-4-7-13-11(14)9-5-2-3-6-10(9)12(15)16/h2-3,5-6H,4,7-8H2,1H3,(H,13,14)(H,15,16). The monoisotopic (exact) mass is 237 g/mol. The number of rotatable bonds is 6. The molecule has 0 atom stereocenters. The van der Waals surface area contributed by atoms with E-state index in [1.807, 2.05) is 0 Å². The zero-order valence-corrected chi connectivity index (χ0v) is 9.60. The largest absolute Gasteiger partial charge is 0.478 e. The van der Waals surface area contributed by atoms with Gasteiger partial charge in [0.15, 0.2) is 0 Å². The van der Waals surface area contributed by atoms with Gasteiger partial charge in [-0.1, -0.05) is 12.1 Å². The number of methoxy groups -OCH3 is 1. The Kier molecular flexibility index (Phi) is 5.16. The lowest BCUT2D eigenvalue weighted by molar-refractivity contribution is 0.0691. The summed E-state index contributed by atoms with van der Waals surface area (Å²) >= 11 is 0. The molecule has 0 fully saturated rings. The molecule has 0 spiro atoms. The van der Waals surface area contributed by atoms with Gasteiger partial charge in [-0.05, 0) is 18.6 Å². The van der Waals surface area contributed by atoms with E-state index in [0.29, 0.717) is 19.6 Å². The van der Waals surface area contributed by atoms with Gasteiger partial charge in [0, 0.05) is 20.3 Å². The van der Waals surface area contributed by atoms with E-state index in [9.17, 15) is 9.59 Å². The van der Waals surface area contributed by atoms with Crippen molar-refractivity contribution in [3.8, 4) is 0 Å². The Morgan fingerprint density at radius 2 is 1.94 bits per heavy atom. The van der Waals surface area contributed by atoms with E-state index in [-0.39, 0.29) is 17.0 Å². The fourth-order valence-corrected chi connectivity index (χ4v) is 1.38. The van der Waals surface area contributed by atoms with Crippen molar-refractivity contribution in [2.45, 2.75) is 6.42 Å². The fourth-order valence-electron chi connectivity index (χ4n) is 1.38. The van der Waals surface area contributed by atoms with Crippen molar-refractivity contribution in [3.63, 3.8) is 0 Å². The maximum absolute atomic E-state index is 11.7. The number of aromatic carboxylic acids is 1. The van der Waals surface area contributed by atoms with Gasteiger partial charge in [-0.15, -0.1) is 0 Å². The van der Waals surface area contributed by atoms with Crippen LogP contribution in [0.25, 0.3) is 0 Å². The maximum Gasteiger partial charge on any atom is 0.336 e. The fraction of sp³-hybridized carbons (Fsp3) is 0.333. The number of nitrogens with one attached hydrogen (secondary N) is 1. The van der Waals surface area contributed by atoms with Crippen molar-refractivity contribution < 1.29 is 19.4 Å². The molecule has 1 aromatic carbocycles. The number of carbonyl (C=O) groups excluding carboxylic acids is 1. The van der Waals surface area contributed by atoms with Crippen LogP contribution in [0.4, 0.5) is 0 Å². The Labute approximate surface area is 99.4 Å². The minimum atomic E-state index is -1.10. The number of carbonyl (C=O) groups is 2. The van der Waals surface area contributed by atoms with E-state index in [1.165, 1.54) is 12.1 Å². The first kappa shape index (κ1) is 13.2. The minimum Gasteiger partial charge on any atom is -0.478 e. The van der Waals surface area contributed by atoms with E-state index in [0.717, 1.165) is 0 Å². The molecule has 92 valence electrons. The molecule has 2 N–H and O–H groups in total. The molecule has 0 saturated heterocycles. The number of carboxylic acids is 1. The van der Waals surface area contributed by atoms with Crippen LogP contribution in [0.3, 0.4) is 0 Å². The summed E-state index contributed by atoms with van der Waals surface area (Å²) in [4.78, 5) is 22.6.